The zero-order valence-corrected chi connectivity index (χ0v) is 19.5. The van der Waals surface area contributed by atoms with Crippen LogP contribution in [0.1, 0.15) is 28.7 Å². The molecule has 5 rings (SSSR count). The number of aryl methyl sites for hydroxylation is 1. The Kier molecular flexibility index (Phi) is 6.13. The number of carbonyl (C=O) groups excluding carboxylic acids is 3. The number of amides is 4. The molecule has 0 saturated carbocycles. The average Bonchev–Trinajstić information content (AvgIpc) is 3.37. The summed E-state index contributed by atoms with van der Waals surface area (Å²) in [7, 11) is 0. The summed E-state index contributed by atoms with van der Waals surface area (Å²) in [4.78, 5) is 39.9. The lowest BCUT2D eigenvalue weighted by molar-refractivity contribution is -0.134. The Labute approximate surface area is 208 Å². The number of ether oxygens (including phenoxy) is 1. The van der Waals surface area contributed by atoms with Crippen LogP contribution in [0.4, 0.5) is 10.5 Å². The highest BCUT2D eigenvalue weighted by atomic mass is 16.5. The van der Waals surface area contributed by atoms with Gasteiger partial charge in [-0.15, -0.1) is 0 Å². The SMILES string of the molecule is N#CCc1ccc(OCc2ccccc2NC(=O)CN2C(=O)NC3(CCc4ccccc43)C2=O)cc1. The summed E-state index contributed by atoms with van der Waals surface area (Å²) >= 11 is 0. The number of urea groups is 1. The number of carbonyl (C=O) groups is 3. The molecule has 0 bridgehead atoms. The van der Waals surface area contributed by atoms with Crippen molar-refractivity contribution in [2.75, 3.05) is 11.9 Å². The number of hydrogen-bond donors (Lipinski definition) is 2. The normalized spacial score (nSPS) is 18.0. The summed E-state index contributed by atoms with van der Waals surface area (Å²) in [5.41, 5.74) is 2.92. The number of nitrogens with one attached hydrogen (secondary N) is 2. The molecule has 3 aromatic carbocycles. The van der Waals surface area contributed by atoms with Crippen LogP contribution in [0.15, 0.2) is 72.8 Å². The summed E-state index contributed by atoms with van der Waals surface area (Å²) in [6.45, 7) is -0.179. The van der Waals surface area contributed by atoms with E-state index in [9.17, 15) is 14.4 Å². The van der Waals surface area contributed by atoms with Crippen LogP contribution in [0, 0.1) is 11.3 Å². The van der Waals surface area contributed by atoms with Crippen LogP contribution in [0.5, 0.6) is 5.75 Å². The molecule has 1 saturated heterocycles. The fourth-order valence-electron chi connectivity index (χ4n) is 4.79. The molecule has 8 heteroatoms. The Morgan fingerprint density at radius 1 is 1.06 bits per heavy atom. The van der Waals surface area contributed by atoms with Gasteiger partial charge in [-0.3, -0.25) is 14.5 Å². The van der Waals surface area contributed by atoms with Crippen molar-refractivity contribution in [3.8, 4) is 11.8 Å². The molecule has 1 unspecified atom stereocenters. The number of nitrogens with zero attached hydrogens (tertiary/aromatic N) is 2. The summed E-state index contributed by atoms with van der Waals surface area (Å²) in [6.07, 6.45) is 1.50. The predicted molar refractivity (Wildman–Crippen MR) is 132 cm³/mol. The van der Waals surface area contributed by atoms with Crippen LogP contribution in [0.2, 0.25) is 0 Å². The molecular formula is C28H24N4O4. The number of benzene rings is 3. The van der Waals surface area contributed by atoms with Crippen molar-refractivity contribution >= 4 is 23.5 Å². The highest BCUT2D eigenvalue weighted by Crippen LogP contribution is 2.41. The van der Waals surface area contributed by atoms with E-state index in [1.165, 1.54) is 0 Å². The van der Waals surface area contributed by atoms with Crippen molar-refractivity contribution in [3.05, 3.63) is 95.1 Å². The maximum atomic E-state index is 13.3. The molecule has 0 radical (unpaired) electrons. The molecule has 1 aliphatic heterocycles. The number of rotatable bonds is 7. The van der Waals surface area contributed by atoms with Crippen molar-refractivity contribution in [1.82, 2.24) is 10.2 Å². The molecule has 1 atom stereocenters. The van der Waals surface area contributed by atoms with Crippen molar-refractivity contribution in [3.63, 3.8) is 0 Å². The van der Waals surface area contributed by atoms with Gasteiger partial charge in [0, 0.05) is 11.3 Å². The van der Waals surface area contributed by atoms with Crippen molar-refractivity contribution in [1.29, 1.82) is 5.26 Å². The van der Waals surface area contributed by atoms with Gasteiger partial charge in [0.1, 0.15) is 24.4 Å². The number of fused-ring (bicyclic) bond motifs is 2. The minimum absolute atomic E-state index is 0.205. The lowest BCUT2D eigenvalue weighted by Gasteiger charge is -2.22. The molecule has 2 aliphatic rings. The second-order valence-corrected chi connectivity index (χ2v) is 8.86. The van der Waals surface area contributed by atoms with Gasteiger partial charge in [-0.25, -0.2) is 4.79 Å². The lowest BCUT2D eigenvalue weighted by atomic mass is 9.92. The number of imide groups is 1. The first kappa shape index (κ1) is 23.1. The third kappa shape index (κ3) is 4.27. The molecule has 36 heavy (non-hydrogen) atoms. The fraction of sp³-hybridized carbons (Fsp3) is 0.214. The molecule has 180 valence electrons. The molecule has 0 aromatic heterocycles. The monoisotopic (exact) mass is 480 g/mol. The lowest BCUT2D eigenvalue weighted by Crippen LogP contribution is -2.43. The van der Waals surface area contributed by atoms with E-state index in [4.69, 9.17) is 10.00 Å². The molecule has 1 aliphatic carbocycles. The number of hydrogen-bond acceptors (Lipinski definition) is 5. The molecule has 8 nitrogen and oxygen atoms in total. The van der Waals surface area contributed by atoms with Gasteiger partial charge in [0.25, 0.3) is 5.91 Å². The smallest absolute Gasteiger partial charge is 0.325 e. The summed E-state index contributed by atoms with van der Waals surface area (Å²) in [5.74, 6) is -0.238. The first-order valence-corrected chi connectivity index (χ1v) is 11.7. The van der Waals surface area contributed by atoms with Gasteiger partial charge in [-0.1, -0.05) is 54.6 Å². The Morgan fingerprint density at radius 3 is 2.61 bits per heavy atom. The van der Waals surface area contributed by atoms with Gasteiger partial charge in [-0.2, -0.15) is 5.26 Å². The van der Waals surface area contributed by atoms with Gasteiger partial charge in [0.05, 0.1) is 12.5 Å². The zero-order valence-electron chi connectivity index (χ0n) is 19.5. The van der Waals surface area contributed by atoms with Gasteiger partial charge in [-0.05, 0) is 47.7 Å². The third-order valence-corrected chi connectivity index (χ3v) is 6.62. The maximum Gasteiger partial charge on any atom is 0.325 e. The fourth-order valence-corrected chi connectivity index (χ4v) is 4.79. The Balaban J connectivity index is 1.24. The Hall–Kier alpha value is -4.64. The third-order valence-electron chi connectivity index (χ3n) is 6.62. The summed E-state index contributed by atoms with van der Waals surface area (Å²) in [5, 5.41) is 14.4. The largest absolute Gasteiger partial charge is 0.489 e. The molecule has 1 fully saturated rings. The van der Waals surface area contributed by atoms with E-state index in [0.29, 0.717) is 30.7 Å². The first-order chi connectivity index (χ1) is 17.5. The van der Waals surface area contributed by atoms with Crippen LogP contribution in [-0.4, -0.2) is 29.3 Å². The minimum atomic E-state index is -1.09. The molecule has 1 spiro atoms. The van der Waals surface area contributed by atoms with Crippen molar-refractivity contribution in [2.45, 2.75) is 31.4 Å². The highest BCUT2D eigenvalue weighted by Gasteiger charge is 2.55. The van der Waals surface area contributed by atoms with Crippen LogP contribution in [0.3, 0.4) is 0 Å². The minimum Gasteiger partial charge on any atom is -0.489 e. The van der Waals surface area contributed by atoms with Crippen molar-refractivity contribution < 1.29 is 19.1 Å². The van der Waals surface area contributed by atoms with E-state index in [1.807, 2.05) is 48.5 Å². The average molecular weight is 481 g/mol. The highest BCUT2D eigenvalue weighted by molar-refractivity contribution is 6.11. The molecule has 2 N–H and O–H groups in total. The molecular weight excluding hydrogens is 456 g/mol. The van der Waals surface area contributed by atoms with Gasteiger partial charge < -0.3 is 15.4 Å². The van der Waals surface area contributed by atoms with Crippen LogP contribution < -0.4 is 15.4 Å². The van der Waals surface area contributed by atoms with E-state index < -0.39 is 23.4 Å². The summed E-state index contributed by atoms with van der Waals surface area (Å²) < 4.78 is 5.85. The van der Waals surface area contributed by atoms with E-state index in [0.717, 1.165) is 27.2 Å². The number of anilines is 1. The zero-order chi connectivity index (χ0) is 25.1. The maximum absolute atomic E-state index is 13.3. The van der Waals surface area contributed by atoms with E-state index >= 15 is 0 Å². The second kappa shape index (κ2) is 9.55. The van der Waals surface area contributed by atoms with Crippen LogP contribution in [-0.2, 0) is 34.6 Å². The van der Waals surface area contributed by atoms with E-state index in [2.05, 4.69) is 16.7 Å². The van der Waals surface area contributed by atoms with Gasteiger partial charge >= 0.3 is 6.03 Å². The standard InChI is InChI=1S/C28H24N4O4/c29-16-14-19-9-11-22(12-10-19)36-18-21-6-2-4-8-24(21)30-25(33)17-32-26(34)28(31-27(32)35)15-13-20-5-1-3-7-23(20)28/h1-12H,13-15,17-18H2,(H,30,33)(H,31,35). The van der Waals surface area contributed by atoms with E-state index in [1.54, 1.807) is 24.3 Å². The van der Waals surface area contributed by atoms with Crippen molar-refractivity contribution in [2.24, 2.45) is 0 Å². The number of para-hydroxylation sites is 1. The van der Waals surface area contributed by atoms with E-state index in [-0.39, 0.29) is 13.2 Å². The Morgan fingerprint density at radius 2 is 1.81 bits per heavy atom. The Bertz CT molecular complexity index is 1380. The van der Waals surface area contributed by atoms with Gasteiger partial charge in [0.15, 0.2) is 0 Å². The second-order valence-electron chi connectivity index (χ2n) is 8.86. The summed E-state index contributed by atoms with van der Waals surface area (Å²) in [6, 6.07) is 23.6. The number of nitriles is 1. The molecule has 4 amide bonds. The topological polar surface area (TPSA) is 112 Å². The quantitative estimate of drug-likeness (QED) is 0.502. The molecule has 3 aromatic rings. The molecule has 1 heterocycles. The van der Waals surface area contributed by atoms with Gasteiger partial charge in [0.2, 0.25) is 5.91 Å². The predicted octanol–water partition coefficient (Wildman–Crippen LogP) is 3.66. The first-order valence-electron chi connectivity index (χ1n) is 11.7. The van der Waals surface area contributed by atoms with Crippen LogP contribution in [0.25, 0.3) is 0 Å². The van der Waals surface area contributed by atoms with Crippen LogP contribution >= 0.6 is 0 Å².